The molecule has 126 valence electrons. The van der Waals surface area contributed by atoms with E-state index in [1.165, 1.54) is 17.7 Å². The molecule has 2 unspecified atom stereocenters. The summed E-state index contributed by atoms with van der Waals surface area (Å²) >= 11 is 0. The third-order valence-corrected chi connectivity index (χ3v) is 4.46. The molecule has 2 heterocycles. The van der Waals surface area contributed by atoms with Crippen molar-refractivity contribution < 1.29 is 0 Å². The SMILES string of the molecule is CN=C(NCc1c(C)nn(C)c1C)N1CC(C)CC(C)C1.I. The molecule has 5 nitrogen and oxygen atoms in total. The van der Waals surface area contributed by atoms with Gasteiger partial charge in [-0.15, -0.1) is 24.0 Å². The Hall–Kier alpha value is -0.790. The molecule has 6 heteroatoms. The Balaban J connectivity index is 0.00000242. The minimum Gasteiger partial charge on any atom is -0.352 e. The van der Waals surface area contributed by atoms with E-state index in [9.17, 15) is 0 Å². The highest BCUT2D eigenvalue weighted by Gasteiger charge is 2.24. The molecule has 1 aliphatic rings. The van der Waals surface area contributed by atoms with Crippen molar-refractivity contribution in [1.82, 2.24) is 20.0 Å². The molecule has 1 N–H and O–H groups in total. The van der Waals surface area contributed by atoms with E-state index in [4.69, 9.17) is 0 Å². The molecule has 0 bridgehead atoms. The van der Waals surface area contributed by atoms with Crippen LogP contribution in [0.1, 0.15) is 37.2 Å². The quantitative estimate of drug-likeness (QED) is 0.456. The molecule has 1 aromatic rings. The Kier molecular flexibility index (Phi) is 7.15. The first kappa shape index (κ1) is 19.3. The van der Waals surface area contributed by atoms with E-state index in [0.717, 1.165) is 43.1 Å². The van der Waals surface area contributed by atoms with Gasteiger partial charge in [0.1, 0.15) is 0 Å². The highest BCUT2D eigenvalue weighted by Crippen LogP contribution is 2.21. The average Bonchev–Trinajstić information content (AvgIpc) is 2.64. The molecule has 22 heavy (non-hydrogen) atoms. The Bertz CT molecular complexity index is 513. The second-order valence-corrected chi connectivity index (χ2v) is 6.52. The normalized spacial score (nSPS) is 22.5. The highest BCUT2D eigenvalue weighted by atomic mass is 127. The van der Waals surface area contributed by atoms with Crippen LogP contribution in [-0.4, -0.2) is 40.8 Å². The number of aliphatic imine (C=N–C) groups is 1. The van der Waals surface area contributed by atoms with Gasteiger partial charge in [-0.2, -0.15) is 5.10 Å². The average molecular weight is 419 g/mol. The summed E-state index contributed by atoms with van der Waals surface area (Å²) < 4.78 is 1.94. The van der Waals surface area contributed by atoms with Gasteiger partial charge in [0.05, 0.1) is 5.69 Å². The largest absolute Gasteiger partial charge is 0.352 e. The topological polar surface area (TPSA) is 45.5 Å². The number of aryl methyl sites for hydroxylation is 2. The first-order chi connectivity index (χ1) is 9.92. The number of aromatic nitrogens is 2. The fourth-order valence-corrected chi connectivity index (χ4v) is 3.41. The van der Waals surface area contributed by atoms with Crippen LogP contribution >= 0.6 is 24.0 Å². The summed E-state index contributed by atoms with van der Waals surface area (Å²) in [7, 11) is 3.86. The number of guanidine groups is 1. The van der Waals surface area contributed by atoms with Crippen molar-refractivity contribution in [3.05, 3.63) is 17.0 Å². The van der Waals surface area contributed by atoms with Gasteiger partial charge in [-0.25, -0.2) is 0 Å². The molecule has 0 aromatic carbocycles. The maximum atomic E-state index is 4.47. The number of nitrogens with zero attached hydrogens (tertiary/aromatic N) is 4. The van der Waals surface area contributed by atoms with Crippen LogP contribution in [0.15, 0.2) is 4.99 Å². The molecular weight excluding hydrogens is 389 g/mol. The molecule has 2 rings (SSSR count). The van der Waals surface area contributed by atoms with Crippen LogP contribution in [0.3, 0.4) is 0 Å². The van der Waals surface area contributed by atoms with Crippen LogP contribution in [0.25, 0.3) is 0 Å². The van der Waals surface area contributed by atoms with Crippen LogP contribution < -0.4 is 5.32 Å². The molecule has 1 fully saturated rings. The third kappa shape index (κ3) is 4.36. The van der Waals surface area contributed by atoms with Crippen LogP contribution in [0.4, 0.5) is 0 Å². The number of likely N-dealkylation sites (tertiary alicyclic amines) is 1. The van der Waals surface area contributed by atoms with Crippen molar-refractivity contribution in [1.29, 1.82) is 0 Å². The first-order valence-corrected chi connectivity index (χ1v) is 7.87. The van der Waals surface area contributed by atoms with Gasteiger partial charge in [-0.05, 0) is 32.1 Å². The van der Waals surface area contributed by atoms with E-state index in [1.807, 2.05) is 18.8 Å². The predicted molar refractivity (Wildman–Crippen MR) is 103 cm³/mol. The summed E-state index contributed by atoms with van der Waals surface area (Å²) in [5.74, 6) is 2.47. The summed E-state index contributed by atoms with van der Waals surface area (Å²) in [6, 6.07) is 0. The van der Waals surface area contributed by atoms with Crippen LogP contribution in [-0.2, 0) is 13.6 Å². The molecule has 0 spiro atoms. The van der Waals surface area contributed by atoms with Gasteiger partial charge in [0.25, 0.3) is 0 Å². The van der Waals surface area contributed by atoms with Crippen LogP contribution in [0.5, 0.6) is 0 Å². The van der Waals surface area contributed by atoms with Gasteiger partial charge in [-0.1, -0.05) is 13.8 Å². The zero-order valence-electron chi connectivity index (χ0n) is 14.7. The second-order valence-electron chi connectivity index (χ2n) is 6.52. The zero-order valence-corrected chi connectivity index (χ0v) is 17.0. The van der Waals surface area contributed by atoms with Gasteiger partial charge < -0.3 is 10.2 Å². The number of nitrogens with one attached hydrogen (secondary N) is 1. The highest BCUT2D eigenvalue weighted by molar-refractivity contribution is 14.0. The first-order valence-electron chi connectivity index (χ1n) is 7.87. The van der Waals surface area contributed by atoms with Crippen molar-refractivity contribution in [2.45, 2.75) is 40.7 Å². The van der Waals surface area contributed by atoms with Crippen molar-refractivity contribution in [3.8, 4) is 0 Å². The summed E-state index contributed by atoms with van der Waals surface area (Å²) in [6.45, 7) is 11.8. The van der Waals surface area contributed by atoms with E-state index in [2.05, 4.69) is 48.0 Å². The summed E-state index contributed by atoms with van der Waals surface area (Å²) in [4.78, 5) is 6.85. The maximum absolute atomic E-state index is 4.47. The van der Waals surface area contributed by atoms with E-state index in [-0.39, 0.29) is 24.0 Å². The predicted octanol–water partition coefficient (Wildman–Crippen LogP) is 2.71. The molecule has 0 amide bonds. The third-order valence-electron chi connectivity index (χ3n) is 4.46. The van der Waals surface area contributed by atoms with Gasteiger partial charge >= 0.3 is 0 Å². The number of hydrogen-bond donors (Lipinski definition) is 1. The number of piperidine rings is 1. The minimum atomic E-state index is 0. The van der Waals surface area contributed by atoms with Crippen molar-refractivity contribution in [3.63, 3.8) is 0 Å². The molecule has 0 saturated carbocycles. The van der Waals surface area contributed by atoms with E-state index < -0.39 is 0 Å². The standard InChI is InChI=1S/C16H29N5.HI/c1-11-7-12(2)10-21(9-11)16(17-5)18-8-15-13(3)19-20(6)14(15)4;/h11-12H,7-10H2,1-6H3,(H,17,18);1H. The van der Waals surface area contributed by atoms with E-state index >= 15 is 0 Å². The number of hydrogen-bond acceptors (Lipinski definition) is 2. The Morgan fingerprint density at radius 2 is 1.86 bits per heavy atom. The van der Waals surface area contributed by atoms with Crippen LogP contribution in [0.2, 0.25) is 0 Å². The fraction of sp³-hybridized carbons (Fsp3) is 0.750. The number of halogens is 1. The maximum Gasteiger partial charge on any atom is 0.193 e. The zero-order chi connectivity index (χ0) is 15.6. The Labute approximate surface area is 151 Å². The van der Waals surface area contributed by atoms with Crippen LogP contribution in [0, 0.1) is 25.7 Å². The molecule has 0 radical (unpaired) electrons. The lowest BCUT2D eigenvalue weighted by Crippen LogP contribution is -2.48. The fourth-order valence-electron chi connectivity index (χ4n) is 3.41. The lowest BCUT2D eigenvalue weighted by Gasteiger charge is -2.37. The smallest absolute Gasteiger partial charge is 0.193 e. The van der Waals surface area contributed by atoms with E-state index in [0.29, 0.717) is 0 Å². The minimum absolute atomic E-state index is 0. The lowest BCUT2D eigenvalue weighted by molar-refractivity contribution is 0.208. The molecular formula is C16H30IN5. The molecule has 1 aromatic heterocycles. The number of rotatable bonds is 2. The summed E-state index contributed by atoms with van der Waals surface area (Å²) in [5, 5.41) is 7.99. The van der Waals surface area contributed by atoms with E-state index in [1.54, 1.807) is 0 Å². The lowest BCUT2D eigenvalue weighted by atomic mass is 9.92. The van der Waals surface area contributed by atoms with Crippen molar-refractivity contribution >= 4 is 29.9 Å². The van der Waals surface area contributed by atoms with Crippen molar-refractivity contribution in [2.75, 3.05) is 20.1 Å². The molecule has 0 aliphatic carbocycles. The summed E-state index contributed by atoms with van der Waals surface area (Å²) in [6.07, 6.45) is 1.31. The second kappa shape index (κ2) is 8.17. The van der Waals surface area contributed by atoms with Crippen molar-refractivity contribution in [2.24, 2.45) is 23.9 Å². The van der Waals surface area contributed by atoms with Gasteiger partial charge in [-0.3, -0.25) is 9.67 Å². The van der Waals surface area contributed by atoms with Gasteiger partial charge in [0, 0.05) is 45.0 Å². The molecule has 1 aliphatic heterocycles. The monoisotopic (exact) mass is 419 g/mol. The Morgan fingerprint density at radius 1 is 1.27 bits per heavy atom. The Morgan fingerprint density at radius 3 is 2.32 bits per heavy atom. The molecule has 1 saturated heterocycles. The molecule has 2 atom stereocenters. The summed E-state index contributed by atoms with van der Waals surface area (Å²) in [5.41, 5.74) is 3.59. The van der Waals surface area contributed by atoms with Gasteiger partial charge in [0.15, 0.2) is 5.96 Å². The van der Waals surface area contributed by atoms with Gasteiger partial charge in [0.2, 0.25) is 0 Å².